The predicted molar refractivity (Wildman–Crippen MR) is 77.6 cm³/mol. The molecule has 3 heteroatoms. The van der Waals surface area contributed by atoms with Crippen LogP contribution in [0.25, 0.3) is 0 Å². The van der Waals surface area contributed by atoms with Gasteiger partial charge in [-0.1, -0.05) is 12.1 Å². The van der Waals surface area contributed by atoms with Crippen LogP contribution in [-0.4, -0.2) is 26.4 Å². The lowest BCUT2D eigenvalue weighted by molar-refractivity contribution is 0.0540. The summed E-state index contributed by atoms with van der Waals surface area (Å²) in [6, 6.07) is 8.74. The zero-order valence-electron chi connectivity index (χ0n) is 12.0. The van der Waals surface area contributed by atoms with Gasteiger partial charge in [0.15, 0.2) is 0 Å². The van der Waals surface area contributed by atoms with Crippen molar-refractivity contribution >= 4 is 0 Å². The van der Waals surface area contributed by atoms with Crippen LogP contribution in [0.2, 0.25) is 0 Å². The Balaban J connectivity index is 1.79. The van der Waals surface area contributed by atoms with Gasteiger partial charge in [-0.3, -0.25) is 0 Å². The molecule has 2 unspecified atom stereocenters. The predicted octanol–water partition coefficient (Wildman–Crippen LogP) is 3.16. The van der Waals surface area contributed by atoms with Crippen LogP contribution < -0.4 is 10.1 Å². The SMILES string of the molecule is CCOc1ccc(C(C)NCC2CCCOC2)cc1. The summed E-state index contributed by atoms with van der Waals surface area (Å²) in [5, 5.41) is 3.60. The molecule has 3 nitrogen and oxygen atoms in total. The molecule has 1 saturated heterocycles. The van der Waals surface area contributed by atoms with Crippen LogP contribution in [0.4, 0.5) is 0 Å². The monoisotopic (exact) mass is 263 g/mol. The van der Waals surface area contributed by atoms with Crippen molar-refractivity contribution in [3.63, 3.8) is 0 Å². The molecule has 1 aliphatic rings. The molecule has 0 aromatic heterocycles. The Bertz CT molecular complexity index is 358. The Labute approximate surface area is 116 Å². The van der Waals surface area contributed by atoms with Crippen molar-refractivity contribution in [2.24, 2.45) is 5.92 Å². The second kappa shape index (κ2) is 7.51. The molecule has 0 spiro atoms. The Morgan fingerprint density at radius 3 is 2.79 bits per heavy atom. The van der Waals surface area contributed by atoms with Crippen LogP contribution in [-0.2, 0) is 4.74 Å². The minimum atomic E-state index is 0.373. The summed E-state index contributed by atoms with van der Waals surface area (Å²) in [7, 11) is 0. The van der Waals surface area contributed by atoms with E-state index in [9.17, 15) is 0 Å². The van der Waals surface area contributed by atoms with Crippen LogP contribution in [0.1, 0.15) is 38.3 Å². The van der Waals surface area contributed by atoms with E-state index in [2.05, 4.69) is 24.4 Å². The van der Waals surface area contributed by atoms with E-state index in [0.717, 1.165) is 32.1 Å². The van der Waals surface area contributed by atoms with Gasteiger partial charge in [0.1, 0.15) is 5.75 Å². The maximum absolute atomic E-state index is 5.51. The summed E-state index contributed by atoms with van der Waals surface area (Å²) in [5.74, 6) is 1.61. The minimum absolute atomic E-state index is 0.373. The summed E-state index contributed by atoms with van der Waals surface area (Å²) in [6.45, 7) is 7.81. The second-order valence-corrected chi connectivity index (χ2v) is 5.22. The molecule has 1 fully saturated rings. The lowest BCUT2D eigenvalue weighted by Gasteiger charge is -2.24. The highest BCUT2D eigenvalue weighted by Crippen LogP contribution is 2.19. The first kappa shape index (κ1) is 14.4. The van der Waals surface area contributed by atoms with E-state index in [1.807, 2.05) is 19.1 Å². The average Bonchev–Trinajstić information content (AvgIpc) is 2.47. The number of ether oxygens (including phenoxy) is 2. The summed E-state index contributed by atoms with van der Waals surface area (Å²) >= 11 is 0. The van der Waals surface area contributed by atoms with E-state index in [0.29, 0.717) is 12.0 Å². The number of hydrogen-bond donors (Lipinski definition) is 1. The Hall–Kier alpha value is -1.06. The molecule has 19 heavy (non-hydrogen) atoms. The third-order valence-electron chi connectivity index (χ3n) is 3.66. The molecule has 0 bridgehead atoms. The second-order valence-electron chi connectivity index (χ2n) is 5.22. The fraction of sp³-hybridized carbons (Fsp3) is 0.625. The third-order valence-corrected chi connectivity index (χ3v) is 3.66. The van der Waals surface area contributed by atoms with Crippen LogP contribution in [0, 0.1) is 5.92 Å². The van der Waals surface area contributed by atoms with Crippen molar-refractivity contribution in [3.05, 3.63) is 29.8 Å². The molecule has 1 aromatic carbocycles. The first-order valence-electron chi connectivity index (χ1n) is 7.33. The molecule has 1 aromatic rings. The summed E-state index contributed by atoms with van der Waals surface area (Å²) in [4.78, 5) is 0. The molecule has 0 saturated carbocycles. The highest BCUT2D eigenvalue weighted by atomic mass is 16.5. The van der Waals surface area contributed by atoms with Crippen molar-refractivity contribution in [2.45, 2.75) is 32.7 Å². The highest BCUT2D eigenvalue weighted by Gasteiger charge is 2.15. The van der Waals surface area contributed by atoms with Gasteiger partial charge in [0.2, 0.25) is 0 Å². The fourth-order valence-corrected chi connectivity index (χ4v) is 2.45. The normalized spacial score (nSPS) is 21.1. The van der Waals surface area contributed by atoms with Gasteiger partial charge in [-0.2, -0.15) is 0 Å². The molecule has 2 rings (SSSR count). The Morgan fingerprint density at radius 1 is 1.37 bits per heavy atom. The van der Waals surface area contributed by atoms with Crippen LogP contribution in [0.3, 0.4) is 0 Å². The summed E-state index contributed by atoms with van der Waals surface area (Å²) in [6.07, 6.45) is 2.48. The lowest BCUT2D eigenvalue weighted by atomic mass is 10.0. The van der Waals surface area contributed by atoms with Gasteiger partial charge in [-0.05, 0) is 50.3 Å². The average molecular weight is 263 g/mol. The maximum Gasteiger partial charge on any atom is 0.119 e. The summed E-state index contributed by atoms with van der Waals surface area (Å²) in [5.41, 5.74) is 1.31. The molecule has 0 amide bonds. The van der Waals surface area contributed by atoms with Gasteiger partial charge in [0.05, 0.1) is 13.2 Å². The largest absolute Gasteiger partial charge is 0.494 e. The van der Waals surface area contributed by atoms with Gasteiger partial charge in [-0.25, -0.2) is 0 Å². The number of nitrogens with one attached hydrogen (secondary N) is 1. The molecule has 1 N–H and O–H groups in total. The van der Waals surface area contributed by atoms with Crippen molar-refractivity contribution in [1.82, 2.24) is 5.32 Å². The van der Waals surface area contributed by atoms with Crippen molar-refractivity contribution in [2.75, 3.05) is 26.4 Å². The maximum atomic E-state index is 5.51. The van der Waals surface area contributed by atoms with Gasteiger partial charge >= 0.3 is 0 Å². The zero-order chi connectivity index (χ0) is 13.5. The van der Waals surface area contributed by atoms with Crippen molar-refractivity contribution in [1.29, 1.82) is 0 Å². The van der Waals surface area contributed by atoms with E-state index in [1.165, 1.54) is 18.4 Å². The molecule has 1 heterocycles. The van der Waals surface area contributed by atoms with Crippen LogP contribution in [0.15, 0.2) is 24.3 Å². The topological polar surface area (TPSA) is 30.5 Å². The minimum Gasteiger partial charge on any atom is -0.494 e. The van der Waals surface area contributed by atoms with Crippen molar-refractivity contribution < 1.29 is 9.47 Å². The van der Waals surface area contributed by atoms with Crippen LogP contribution >= 0.6 is 0 Å². The lowest BCUT2D eigenvalue weighted by Crippen LogP contribution is -2.30. The van der Waals surface area contributed by atoms with E-state index in [1.54, 1.807) is 0 Å². The Morgan fingerprint density at radius 2 is 2.16 bits per heavy atom. The van der Waals surface area contributed by atoms with Crippen molar-refractivity contribution in [3.8, 4) is 5.75 Å². The first-order valence-corrected chi connectivity index (χ1v) is 7.33. The fourth-order valence-electron chi connectivity index (χ4n) is 2.45. The Kier molecular flexibility index (Phi) is 5.67. The molecule has 2 atom stereocenters. The number of benzene rings is 1. The molecule has 1 aliphatic heterocycles. The van der Waals surface area contributed by atoms with E-state index < -0.39 is 0 Å². The molecular weight excluding hydrogens is 238 g/mol. The van der Waals surface area contributed by atoms with E-state index >= 15 is 0 Å². The number of rotatable bonds is 6. The van der Waals surface area contributed by atoms with Gasteiger partial charge < -0.3 is 14.8 Å². The highest BCUT2D eigenvalue weighted by molar-refractivity contribution is 5.28. The summed E-state index contributed by atoms with van der Waals surface area (Å²) < 4.78 is 11.0. The zero-order valence-corrected chi connectivity index (χ0v) is 12.0. The van der Waals surface area contributed by atoms with Gasteiger partial charge in [-0.15, -0.1) is 0 Å². The molecule has 0 aliphatic carbocycles. The third kappa shape index (κ3) is 4.51. The van der Waals surface area contributed by atoms with E-state index in [-0.39, 0.29) is 0 Å². The van der Waals surface area contributed by atoms with E-state index in [4.69, 9.17) is 9.47 Å². The molecule has 106 valence electrons. The van der Waals surface area contributed by atoms with Crippen LogP contribution in [0.5, 0.6) is 5.75 Å². The standard InChI is InChI=1S/C16H25NO2/c1-3-19-16-8-6-15(7-9-16)13(2)17-11-14-5-4-10-18-12-14/h6-9,13-14,17H,3-5,10-12H2,1-2H3. The molecular formula is C16H25NO2. The van der Waals surface area contributed by atoms with Gasteiger partial charge in [0.25, 0.3) is 0 Å². The number of hydrogen-bond acceptors (Lipinski definition) is 3. The first-order chi connectivity index (χ1) is 9.29. The molecule has 0 radical (unpaired) electrons. The van der Waals surface area contributed by atoms with Gasteiger partial charge in [0, 0.05) is 19.2 Å². The smallest absolute Gasteiger partial charge is 0.119 e. The quantitative estimate of drug-likeness (QED) is 0.855.